The van der Waals surface area contributed by atoms with Gasteiger partial charge in [0.2, 0.25) is 0 Å². The number of amides is 1. The van der Waals surface area contributed by atoms with Crippen LogP contribution in [0.5, 0.6) is 5.75 Å². The van der Waals surface area contributed by atoms with Crippen LogP contribution < -0.4 is 10.1 Å². The molecule has 5 nitrogen and oxygen atoms in total. The second kappa shape index (κ2) is 8.71. The second-order valence-corrected chi connectivity index (χ2v) is 7.33. The van der Waals surface area contributed by atoms with Crippen molar-refractivity contribution in [3.63, 3.8) is 0 Å². The van der Waals surface area contributed by atoms with E-state index in [0.717, 1.165) is 11.1 Å². The van der Waals surface area contributed by atoms with Crippen LogP contribution >= 0.6 is 0 Å². The molecule has 2 aromatic carbocycles. The molecule has 0 aliphatic rings. The molecular weight excluding hydrogens is 342 g/mol. The highest BCUT2D eigenvalue weighted by molar-refractivity contribution is 5.96. The molecule has 2 aromatic rings. The molecule has 1 amide bonds. The van der Waals surface area contributed by atoms with E-state index < -0.39 is 5.97 Å². The number of rotatable bonds is 6. The molecule has 0 radical (unpaired) electrons. The Morgan fingerprint density at radius 2 is 1.78 bits per heavy atom. The molecule has 0 unspecified atom stereocenters. The van der Waals surface area contributed by atoms with Crippen molar-refractivity contribution in [3.8, 4) is 5.75 Å². The molecule has 0 bridgehead atoms. The van der Waals surface area contributed by atoms with Crippen LogP contribution in [-0.4, -0.2) is 25.1 Å². The van der Waals surface area contributed by atoms with Gasteiger partial charge in [0.15, 0.2) is 6.61 Å². The van der Waals surface area contributed by atoms with Crippen molar-refractivity contribution in [1.29, 1.82) is 0 Å². The lowest BCUT2D eigenvalue weighted by Gasteiger charge is -2.22. The fourth-order valence-corrected chi connectivity index (χ4v) is 2.64. The number of para-hydroxylation sites is 1. The van der Waals surface area contributed by atoms with Crippen LogP contribution in [0, 0.1) is 6.92 Å². The molecule has 0 aliphatic carbocycles. The minimum absolute atomic E-state index is 0.0857. The Kier molecular flexibility index (Phi) is 6.61. The minimum atomic E-state index is -0.414. The Bertz CT molecular complexity index is 821. The number of aryl methyl sites for hydroxylation is 1. The van der Waals surface area contributed by atoms with Crippen molar-refractivity contribution in [2.24, 2.45) is 0 Å². The van der Waals surface area contributed by atoms with E-state index in [4.69, 9.17) is 9.47 Å². The Morgan fingerprint density at radius 3 is 2.44 bits per heavy atom. The van der Waals surface area contributed by atoms with Gasteiger partial charge in [-0.25, -0.2) is 4.79 Å². The normalized spacial score (nSPS) is 11.0. The fraction of sp³-hybridized carbons (Fsp3) is 0.364. The molecule has 0 saturated carbocycles. The number of ether oxygens (including phenoxy) is 2. The lowest BCUT2D eigenvalue weighted by atomic mass is 9.86. The van der Waals surface area contributed by atoms with Crippen molar-refractivity contribution < 1.29 is 19.1 Å². The van der Waals surface area contributed by atoms with Gasteiger partial charge in [-0.2, -0.15) is 0 Å². The number of esters is 1. The largest absolute Gasteiger partial charge is 0.483 e. The van der Waals surface area contributed by atoms with Crippen LogP contribution in [0.2, 0.25) is 0 Å². The third kappa shape index (κ3) is 5.58. The standard InChI is InChI=1S/C22H27NO4/c1-6-26-21(25)16-12-11-15(2)18(13-16)23-20(24)14-27-19-10-8-7-9-17(19)22(3,4)5/h7-13H,6,14H2,1-5H3,(H,23,24). The molecule has 0 aliphatic heterocycles. The molecule has 0 fully saturated rings. The van der Waals surface area contributed by atoms with Crippen LogP contribution in [-0.2, 0) is 14.9 Å². The summed E-state index contributed by atoms with van der Waals surface area (Å²) < 4.78 is 10.8. The summed E-state index contributed by atoms with van der Waals surface area (Å²) in [5.74, 6) is -0.0108. The van der Waals surface area contributed by atoms with Crippen LogP contribution in [0.1, 0.15) is 49.2 Å². The van der Waals surface area contributed by atoms with E-state index in [2.05, 4.69) is 26.1 Å². The van der Waals surface area contributed by atoms with E-state index >= 15 is 0 Å². The zero-order chi connectivity index (χ0) is 20.0. The maximum Gasteiger partial charge on any atom is 0.338 e. The topological polar surface area (TPSA) is 64.6 Å². The summed E-state index contributed by atoms with van der Waals surface area (Å²) in [6.45, 7) is 10.1. The lowest BCUT2D eigenvalue weighted by molar-refractivity contribution is -0.118. The molecule has 0 aromatic heterocycles. The molecule has 1 N–H and O–H groups in total. The summed E-state index contributed by atoms with van der Waals surface area (Å²) in [5, 5.41) is 2.80. The van der Waals surface area contributed by atoms with E-state index in [1.54, 1.807) is 25.1 Å². The van der Waals surface area contributed by atoms with Gasteiger partial charge < -0.3 is 14.8 Å². The maximum atomic E-state index is 12.4. The van der Waals surface area contributed by atoms with E-state index in [0.29, 0.717) is 23.6 Å². The van der Waals surface area contributed by atoms with Gasteiger partial charge in [0.05, 0.1) is 12.2 Å². The van der Waals surface area contributed by atoms with Gasteiger partial charge in [0.25, 0.3) is 5.91 Å². The summed E-state index contributed by atoms with van der Waals surface area (Å²) >= 11 is 0. The van der Waals surface area contributed by atoms with Crippen molar-refractivity contribution in [3.05, 3.63) is 59.2 Å². The Morgan fingerprint density at radius 1 is 1.07 bits per heavy atom. The number of benzene rings is 2. The average Bonchev–Trinajstić information content (AvgIpc) is 2.61. The number of anilines is 1. The SMILES string of the molecule is CCOC(=O)c1ccc(C)c(NC(=O)COc2ccccc2C(C)(C)C)c1. The molecule has 5 heteroatoms. The van der Waals surface area contributed by atoms with Crippen LogP contribution in [0.3, 0.4) is 0 Å². The van der Waals surface area contributed by atoms with Gasteiger partial charge in [-0.3, -0.25) is 4.79 Å². The number of nitrogens with one attached hydrogen (secondary N) is 1. The molecule has 27 heavy (non-hydrogen) atoms. The van der Waals surface area contributed by atoms with Gasteiger partial charge in [-0.1, -0.05) is 45.0 Å². The molecule has 0 spiro atoms. The van der Waals surface area contributed by atoms with Crippen molar-refractivity contribution >= 4 is 17.6 Å². The van der Waals surface area contributed by atoms with Crippen molar-refractivity contribution in [2.75, 3.05) is 18.5 Å². The third-order valence-electron chi connectivity index (χ3n) is 4.08. The zero-order valence-corrected chi connectivity index (χ0v) is 16.6. The first-order valence-corrected chi connectivity index (χ1v) is 9.02. The van der Waals surface area contributed by atoms with E-state index in [1.807, 2.05) is 31.2 Å². The zero-order valence-electron chi connectivity index (χ0n) is 16.6. The summed E-state index contributed by atoms with van der Waals surface area (Å²) in [7, 11) is 0. The van der Waals surface area contributed by atoms with Gasteiger partial charge in [-0.15, -0.1) is 0 Å². The second-order valence-electron chi connectivity index (χ2n) is 7.33. The Labute approximate surface area is 160 Å². The number of carbonyl (C=O) groups excluding carboxylic acids is 2. The third-order valence-corrected chi connectivity index (χ3v) is 4.08. The molecule has 2 rings (SSSR count). The maximum absolute atomic E-state index is 12.4. The molecule has 0 saturated heterocycles. The van der Waals surface area contributed by atoms with E-state index in [1.165, 1.54) is 0 Å². The molecular formula is C22H27NO4. The van der Waals surface area contributed by atoms with Crippen LogP contribution in [0.4, 0.5) is 5.69 Å². The summed E-state index contributed by atoms with van der Waals surface area (Å²) in [6.07, 6.45) is 0. The Balaban J connectivity index is 2.07. The minimum Gasteiger partial charge on any atom is -0.483 e. The van der Waals surface area contributed by atoms with E-state index in [9.17, 15) is 9.59 Å². The molecule has 0 heterocycles. The first-order valence-electron chi connectivity index (χ1n) is 9.02. The predicted octanol–water partition coefficient (Wildman–Crippen LogP) is 4.49. The van der Waals surface area contributed by atoms with Gasteiger partial charge in [-0.05, 0) is 48.6 Å². The first-order chi connectivity index (χ1) is 12.7. The van der Waals surface area contributed by atoms with E-state index in [-0.39, 0.29) is 17.9 Å². The monoisotopic (exact) mass is 369 g/mol. The highest BCUT2D eigenvalue weighted by Gasteiger charge is 2.19. The van der Waals surface area contributed by atoms with Crippen molar-refractivity contribution in [2.45, 2.75) is 40.0 Å². The van der Waals surface area contributed by atoms with Crippen LogP contribution in [0.25, 0.3) is 0 Å². The Hall–Kier alpha value is -2.82. The van der Waals surface area contributed by atoms with Gasteiger partial charge >= 0.3 is 5.97 Å². The number of hydrogen-bond acceptors (Lipinski definition) is 4. The highest BCUT2D eigenvalue weighted by atomic mass is 16.5. The summed E-state index contributed by atoms with van der Waals surface area (Å²) in [5.41, 5.74) is 2.78. The smallest absolute Gasteiger partial charge is 0.338 e. The average molecular weight is 369 g/mol. The molecule has 144 valence electrons. The lowest BCUT2D eigenvalue weighted by Crippen LogP contribution is -2.22. The highest BCUT2D eigenvalue weighted by Crippen LogP contribution is 2.30. The van der Waals surface area contributed by atoms with Gasteiger partial charge in [0, 0.05) is 5.69 Å². The van der Waals surface area contributed by atoms with Gasteiger partial charge in [0.1, 0.15) is 5.75 Å². The quantitative estimate of drug-likeness (QED) is 0.762. The fourth-order valence-electron chi connectivity index (χ4n) is 2.64. The summed E-state index contributed by atoms with van der Waals surface area (Å²) in [4.78, 5) is 24.2. The number of hydrogen-bond donors (Lipinski definition) is 1. The first kappa shape index (κ1) is 20.5. The predicted molar refractivity (Wildman–Crippen MR) is 106 cm³/mol. The summed E-state index contributed by atoms with van der Waals surface area (Å²) in [6, 6.07) is 12.8. The van der Waals surface area contributed by atoms with Crippen molar-refractivity contribution in [1.82, 2.24) is 0 Å². The number of carbonyl (C=O) groups is 2. The van der Waals surface area contributed by atoms with Crippen LogP contribution in [0.15, 0.2) is 42.5 Å². The molecule has 0 atom stereocenters.